The fraction of sp³-hybridized carbons (Fsp3) is 0.533. The lowest BCUT2D eigenvalue weighted by Gasteiger charge is -2.20. The van der Waals surface area contributed by atoms with Crippen LogP contribution < -0.4 is 5.32 Å². The molecule has 2 bridgehead atoms. The summed E-state index contributed by atoms with van der Waals surface area (Å²) in [5.41, 5.74) is 0.220. The van der Waals surface area contributed by atoms with Crippen LogP contribution in [-0.4, -0.2) is 5.91 Å². The van der Waals surface area contributed by atoms with Crippen LogP contribution in [0, 0.1) is 23.6 Å². The average Bonchev–Trinajstić information content (AvgIpc) is 2.95. The first-order chi connectivity index (χ1) is 9.11. The highest BCUT2D eigenvalue weighted by atomic mass is 35.5. The van der Waals surface area contributed by atoms with Gasteiger partial charge in [0.2, 0.25) is 5.91 Å². The third-order valence-corrected chi connectivity index (χ3v) is 4.77. The Bertz CT molecular complexity index is 505. The van der Waals surface area contributed by atoms with Gasteiger partial charge in [-0.05, 0) is 55.2 Å². The molecule has 102 valence electrons. The molecule has 0 heterocycles. The minimum absolute atomic E-state index is 0.0845. The third-order valence-electron chi connectivity index (χ3n) is 4.54. The molecule has 2 aliphatic rings. The van der Waals surface area contributed by atoms with Gasteiger partial charge in [0.1, 0.15) is 5.82 Å². The van der Waals surface area contributed by atoms with Crippen LogP contribution in [0.5, 0.6) is 0 Å². The van der Waals surface area contributed by atoms with Crippen LogP contribution in [0.1, 0.15) is 32.1 Å². The Morgan fingerprint density at radius 2 is 2.21 bits per heavy atom. The van der Waals surface area contributed by atoms with E-state index in [0.29, 0.717) is 23.3 Å². The zero-order valence-corrected chi connectivity index (χ0v) is 11.4. The fourth-order valence-corrected chi connectivity index (χ4v) is 3.82. The van der Waals surface area contributed by atoms with Gasteiger partial charge in [0, 0.05) is 11.4 Å². The Morgan fingerprint density at radius 3 is 2.84 bits per heavy atom. The maximum Gasteiger partial charge on any atom is 0.224 e. The van der Waals surface area contributed by atoms with E-state index in [0.717, 1.165) is 5.92 Å². The van der Waals surface area contributed by atoms with Gasteiger partial charge < -0.3 is 5.32 Å². The zero-order valence-electron chi connectivity index (χ0n) is 10.7. The number of amides is 1. The molecule has 0 radical (unpaired) electrons. The molecule has 0 unspecified atom stereocenters. The van der Waals surface area contributed by atoms with Crippen LogP contribution in [0.15, 0.2) is 18.2 Å². The van der Waals surface area contributed by atoms with Crippen molar-refractivity contribution in [3.05, 3.63) is 29.0 Å². The van der Waals surface area contributed by atoms with Crippen LogP contribution in [-0.2, 0) is 4.79 Å². The summed E-state index contributed by atoms with van der Waals surface area (Å²) in [6.07, 6.45) is 5.56. The summed E-state index contributed by atoms with van der Waals surface area (Å²) in [5.74, 6) is 1.47. The fourth-order valence-electron chi connectivity index (χ4n) is 3.66. The largest absolute Gasteiger partial charge is 0.324 e. The van der Waals surface area contributed by atoms with Gasteiger partial charge in [0.15, 0.2) is 0 Å². The Hall–Kier alpha value is -1.09. The summed E-state index contributed by atoms with van der Waals surface area (Å²) in [6.45, 7) is 0. The molecule has 2 aliphatic carbocycles. The summed E-state index contributed by atoms with van der Waals surface area (Å²) in [6, 6.07) is 4.31. The number of carbonyl (C=O) groups is 1. The summed E-state index contributed by atoms with van der Waals surface area (Å²) in [7, 11) is 0. The highest BCUT2D eigenvalue weighted by Gasteiger charge is 2.40. The van der Waals surface area contributed by atoms with Crippen LogP contribution >= 0.6 is 11.6 Å². The van der Waals surface area contributed by atoms with Gasteiger partial charge in [0.25, 0.3) is 0 Å². The van der Waals surface area contributed by atoms with E-state index in [1.54, 1.807) is 6.07 Å². The Morgan fingerprint density at radius 1 is 1.37 bits per heavy atom. The number of hydrogen-bond donors (Lipinski definition) is 1. The number of benzene rings is 1. The third kappa shape index (κ3) is 2.76. The summed E-state index contributed by atoms with van der Waals surface area (Å²) >= 11 is 5.68. The number of fused-ring (bicyclic) bond motifs is 2. The predicted octanol–water partition coefficient (Wildman–Crippen LogP) is 4.24. The summed E-state index contributed by atoms with van der Waals surface area (Å²) < 4.78 is 13.6. The van der Waals surface area contributed by atoms with E-state index in [-0.39, 0.29) is 11.6 Å². The maximum atomic E-state index is 13.6. The van der Waals surface area contributed by atoms with Gasteiger partial charge in [-0.2, -0.15) is 0 Å². The smallest absolute Gasteiger partial charge is 0.224 e. The van der Waals surface area contributed by atoms with Crippen molar-refractivity contribution in [2.24, 2.45) is 17.8 Å². The van der Waals surface area contributed by atoms with Crippen LogP contribution in [0.25, 0.3) is 0 Å². The molecule has 2 saturated carbocycles. The highest BCUT2D eigenvalue weighted by molar-refractivity contribution is 6.30. The monoisotopic (exact) mass is 281 g/mol. The minimum atomic E-state index is -0.478. The van der Waals surface area contributed by atoms with Crippen LogP contribution in [0.2, 0.25) is 5.02 Å². The SMILES string of the molecule is O=C(C[C@@H]1C[C@@H]2CC[C@@H]1C2)Nc1ccc(Cl)cc1F. The van der Waals surface area contributed by atoms with Crippen LogP contribution in [0.3, 0.4) is 0 Å². The number of carbonyl (C=O) groups excluding carboxylic acids is 1. The van der Waals surface area contributed by atoms with Crippen LogP contribution in [0.4, 0.5) is 10.1 Å². The molecule has 19 heavy (non-hydrogen) atoms. The van der Waals surface area contributed by atoms with E-state index < -0.39 is 5.82 Å². The van der Waals surface area contributed by atoms with Gasteiger partial charge >= 0.3 is 0 Å². The second-order valence-electron chi connectivity index (χ2n) is 5.81. The molecule has 2 nitrogen and oxygen atoms in total. The lowest BCUT2D eigenvalue weighted by Crippen LogP contribution is -2.20. The zero-order chi connectivity index (χ0) is 13.4. The maximum absolute atomic E-state index is 13.6. The Kier molecular flexibility index (Phi) is 3.48. The van der Waals surface area contributed by atoms with E-state index in [1.807, 2.05) is 0 Å². The number of nitrogens with one attached hydrogen (secondary N) is 1. The first-order valence-corrected chi connectivity index (χ1v) is 7.24. The van der Waals surface area contributed by atoms with Gasteiger partial charge in [0.05, 0.1) is 5.69 Å². The van der Waals surface area contributed by atoms with Crippen molar-refractivity contribution in [3.63, 3.8) is 0 Å². The Labute approximate surface area is 117 Å². The molecule has 3 atom stereocenters. The normalized spacial score (nSPS) is 28.6. The summed E-state index contributed by atoms with van der Waals surface area (Å²) in [5, 5.41) is 2.99. The van der Waals surface area contributed by atoms with Crippen molar-refractivity contribution in [3.8, 4) is 0 Å². The molecular weight excluding hydrogens is 265 g/mol. The lowest BCUT2D eigenvalue weighted by molar-refractivity contribution is -0.117. The number of hydrogen-bond acceptors (Lipinski definition) is 1. The minimum Gasteiger partial charge on any atom is -0.324 e. The number of halogens is 2. The first-order valence-electron chi connectivity index (χ1n) is 6.86. The van der Waals surface area contributed by atoms with E-state index in [4.69, 9.17) is 11.6 Å². The predicted molar refractivity (Wildman–Crippen MR) is 73.6 cm³/mol. The highest BCUT2D eigenvalue weighted by Crippen LogP contribution is 2.49. The quantitative estimate of drug-likeness (QED) is 0.882. The molecule has 4 heteroatoms. The van der Waals surface area contributed by atoms with E-state index in [9.17, 15) is 9.18 Å². The van der Waals surface area contributed by atoms with Crippen molar-refractivity contribution in [1.29, 1.82) is 0 Å². The molecule has 0 spiro atoms. The second kappa shape index (κ2) is 5.12. The number of rotatable bonds is 3. The number of anilines is 1. The second-order valence-corrected chi connectivity index (χ2v) is 6.25. The van der Waals surface area contributed by atoms with Gasteiger partial charge in [-0.3, -0.25) is 4.79 Å². The van der Waals surface area contributed by atoms with Crippen molar-refractivity contribution in [2.45, 2.75) is 32.1 Å². The topological polar surface area (TPSA) is 29.1 Å². The molecule has 2 fully saturated rings. The summed E-state index contributed by atoms with van der Waals surface area (Å²) in [4.78, 5) is 12.0. The molecule has 1 aromatic rings. The van der Waals surface area contributed by atoms with E-state index in [2.05, 4.69) is 5.32 Å². The van der Waals surface area contributed by atoms with Crippen molar-refractivity contribution < 1.29 is 9.18 Å². The molecule has 1 aromatic carbocycles. The standard InChI is InChI=1S/C15H17ClFNO/c16-12-3-4-14(13(17)8-12)18-15(19)7-11-6-9-1-2-10(11)5-9/h3-4,8-11H,1-2,5-7H2,(H,18,19)/t9-,10-,11+/m1/s1. The lowest BCUT2D eigenvalue weighted by atomic mass is 9.86. The molecule has 3 rings (SSSR count). The van der Waals surface area contributed by atoms with Crippen molar-refractivity contribution in [1.82, 2.24) is 0 Å². The Balaban J connectivity index is 1.59. The molecular formula is C15H17ClFNO. The van der Waals surface area contributed by atoms with Gasteiger partial charge in [-0.15, -0.1) is 0 Å². The molecule has 0 aromatic heterocycles. The first kappa shape index (κ1) is 12.9. The van der Waals surface area contributed by atoms with E-state index >= 15 is 0 Å². The van der Waals surface area contributed by atoms with Crippen molar-refractivity contribution in [2.75, 3.05) is 5.32 Å². The average molecular weight is 282 g/mol. The molecule has 0 saturated heterocycles. The molecule has 0 aliphatic heterocycles. The van der Waals surface area contributed by atoms with E-state index in [1.165, 1.54) is 37.8 Å². The molecule has 1 amide bonds. The van der Waals surface area contributed by atoms with Gasteiger partial charge in [-0.1, -0.05) is 18.0 Å². The molecule has 1 N–H and O–H groups in total. The van der Waals surface area contributed by atoms with Gasteiger partial charge in [-0.25, -0.2) is 4.39 Å². The van der Waals surface area contributed by atoms with Crippen molar-refractivity contribution >= 4 is 23.2 Å².